The van der Waals surface area contributed by atoms with E-state index in [1.165, 1.54) is 83.5 Å². The van der Waals surface area contributed by atoms with Crippen LogP contribution in [0.1, 0.15) is 120 Å². The first-order chi connectivity index (χ1) is 25.8. The van der Waals surface area contributed by atoms with Gasteiger partial charge in [0, 0.05) is 12.0 Å². The second kappa shape index (κ2) is 40.1. The molecule has 0 aliphatic heterocycles. The van der Waals surface area contributed by atoms with Crippen molar-refractivity contribution >= 4 is 12.3 Å². The van der Waals surface area contributed by atoms with Gasteiger partial charge in [-0.25, -0.2) is 0 Å². The van der Waals surface area contributed by atoms with E-state index in [9.17, 15) is 9.59 Å². The number of benzene rings is 1. The van der Waals surface area contributed by atoms with Gasteiger partial charge in [-0.05, 0) is 30.7 Å². The van der Waals surface area contributed by atoms with E-state index in [0.29, 0.717) is 117 Å². The van der Waals surface area contributed by atoms with Crippen molar-refractivity contribution in [3.8, 4) is 5.75 Å². The molecule has 0 fully saturated rings. The molecule has 52 heavy (non-hydrogen) atoms. The first kappa shape index (κ1) is 47.9. The van der Waals surface area contributed by atoms with Gasteiger partial charge in [0.1, 0.15) is 25.2 Å². The Hall–Kier alpha value is -2.12. The molecule has 11 nitrogen and oxygen atoms in total. The van der Waals surface area contributed by atoms with Crippen molar-refractivity contribution in [3.63, 3.8) is 0 Å². The monoisotopic (exact) mass is 741 g/mol. The van der Waals surface area contributed by atoms with E-state index in [-0.39, 0.29) is 12.6 Å². The van der Waals surface area contributed by atoms with E-state index >= 15 is 0 Å². The smallest absolute Gasteiger partial charge is 0.305 e. The quantitative estimate of drug-likeness (QED) is 0.0371. The van der Waals surface area contributed by atoms with Crippen LogP contribution in [-0.2, 0) is 42.7 Å². The number of hydrogen-bond acceptors (Lipinski definition) is 11. The van der Waals surface area contributed by atoms with Gasteiger partial charge in [0.15, 0.2) is 0 Å². The summed E-state index contributed by atoms with van der Waals surface area (Å²) in [5.74, 6) is 0.572. The van der Waals surface area contributed by atoms with Gasteiger partial charge >= 0.3 is 5.97 Å². The maximum Gasteiger partial charge on any atom is 0.305 e. The van der Waals surface area contributed by atoms with Gasteiger partial charge < -0.3 is 42.6 Å². The molecule has 0 spiro atoms. The SMILES string of the molecule is CCCCCCCCCCCCCCCCCC(=O)OCCOCCOCCOCCOCCOCCOCCOCCOc1ccc(C=O)cc1. The summed E-state index contributed by atoms with van der Waals surface area (Å²) in [6.45, 7) is 9.64. The minimum absolute atomic E-state index is 0.132. The van der Waals surface area contributed by atoms with Crippen molar-refractivity contribution in [3.05, 3.63) is 29.8 Å². The maximum atomic E-state index is 11.9. The fraction of sp³-hybridized carbons (Fsp3) is 0.805. The minimum atomic E-state index is -0.132. The molecule has 0 saturated heterocycles. The van der Waals surface area contributed by atoms with Gasteiger partial charge in [0.05, 0.1) is 92.5 Å². The number of unbranched alkanes of at least 4 members (excludes halogenated alkanes) is 14. The van der Waals surface area contributed by atoms with Crippen LogP contribution in [0.3, 0.4) is 0 Å². The van der Waals surface area contributed by atoms with Gasteiger partial charge in [-0.3, -0.25) is 9.59 Å². The second-order valence-electron chi connectivity index (χ2n) is 12.7. The molecule has 0 N–H and O–H groups in total. The zero-order chi connectivity index (χ0) is 37.3. The molecule has 11 heteroatoms. The average Bonchev–Trinajstić information content (AvgIpc) is 3.16. The van der Waals surface area contributed by atoms with Gasteiger partial charge in [0.2, 0.25) is 0 Å². The van der Waals surface area contributed by atoms with E-state index in [2.05, 4.69) is 6.92 Å². The third kappa shape index (κ3) is 34.9. The molecule has 0 amide bonds. The van der Waals surface area contributed by atoms with Gasteiger partial charge in [-0.15, -0.1) is 0 Å². The number of carbonyl (C=O) groups excluding carboxylic acids is 2. The lowest BCUT2D eigenvalue weighted by atomic mass is 10.0. The number of hydrogen-bond donors (Lipinski definition) is 0. The van der Waals surface area contributed by atoms with Crippen LogP contribution < -0.4 is 4.74 Å². The van der Waals surface area contributed by atoms with Crippen LogP contribution in [-0.4, -0.2) is 118 Å². The molecule has 0 bridgehead atoms. The molecule has 0 aromatic heterocycles. The molecule has 1 aromatic rings. The van der Waals surface area contributed by atoms with Crippen LogP contribution in [0.5, 0.6) is 5.75 Å². The Morgan fingerprint density at radius 3 is 1.13 bits per heavy atom. The summed E-state index contributed by atoms with van der Waals surface area (Å²) >= 11 is 0. The Morgan fingerprint density at radius 2 is 0.769 bits per heavy atom. The zero-order valence-corrected chi connectivity index (χ0v) is 32.5. The Labute approximate surface area is 315 Å². The van der Waals surface area contributed by atoms with Crippen molar-refractivity contribution < 1.29 is 52.2 Å². The third-order valence-corrected chi connectivity index (χ3v) is 8.22. The Bertz CT molecular complexity index is 884. The normalized spacial score (nSPS) is 11.2. The molecule has 0 heterocycles. The number of esters is 1. The molecule has 0 aliphatic carbocycles. The zero-order valence-electron chi connectivity index (χ0n) is 32.5. The molecule has 1 aromatic carbocycles. The van der Waals surface area contributed by atoms with E-state index in [0.717, 1.165) is 19.1 Å². The molecule has 0 unspecified atom stereocenters. The largest absolute Gasteiger partial charge is 0.491 e. The average molecular weight is 741 g/mol. The van der Waals surface area contributed by atoms with Crippen LogP contribution in [0, 0.1) is 0 Å². The number of aldehydes is 1. The van der Waals surface area contributed by atoms with Crippen LogP contribution in [0.15, 0.2) is 24.3 Å². The molecule has 0 saturated carbocycles. The van der Waals surface area contributed by atoms with Crippen LogP contribution in [0.25, 0.3) is 0 Å². The Balaban J connectivity index is 1.66. The van der Waals surface area contributed by atoms with Crippen molar-refractivity contribution in [1.82, 2.24) is 0 Å². The highest BCUT2D eigenvalue weighted by molar-refractivity contribution is 5.74. The minimum Gasteiger partial charge on any atom is -0.491 e. The fourth-order valence-electron chi connectivity index (χ4n) is 5.21. The first-order valence-corrected chi connectivity index (χ1v) is 20.1. The topological polar surface area (TPSA) is 117 Å². The van der Waals surface area contributed by atoms with Crippen LogP contribution >= 0.6 is 0 Å². The predicted molar refractivity (Wildman–Crippen MR) is 204 cm³/mol. The summed E-state index contributed by atoms with van der Waals surface area (Å²) in [4.78, 5) is 22.5. The van der Waals surface area contributed by atoms with Gasteiger partial charge in [-0.2, -0.15) is 0 Å². The lowest BCUT2D eigenvalue weighted by Crippen LogP contribution is -2.15. The summed E-state index contributed by atoms with van der Waals surface area (Å²) in [5, 5.41) is 0. The molecule has 0 radical (unpaired) electrons. The second-order valence-corrected chi connectivity index (χ2v) is 12.7. The van der Waals surface area contributed by atoms with Gasteiger partial charge in [0.25, 0.3) is 0 Å². The van der Waals surface area contributed by atoms with Crippen molar-refractivity contribution in [2.24, 2.45) is 0 Å². The molecule has 1 rings (SSSR count). The first-order valence-electron chi connectivity index (χ1n) is 20.1. The van der Waals surface area contributed by atoms with E-state index in [1.807, 2.05) is 0 Å². The predicted octanol–water partition coefficient (Wildman–Crippen LogP) is 7.80. The summed E-state index contributed by atoms with van der Waals surface area (Å²) in [6.07, 6.45) is 21.0. The highest BCUT2D eigenvalue weighted by Crippen LogP contribution is 2.14. The molecular formula is C41H72O11. The highest BCUT2D eigenvalue weighted by atomic mass is 16.6. The fourth-order valence-corrected chi connectivity index (χ4v) is 5.21. The number of rotatable bonds is 42. The lowest BCUT2D eigenvalue weighted by Gasteiger charge is -2.09. The van der Waals surface area contributed by atoms with E-state index in [4.69, 9.17) is 42.6 Å². The van der Waals surface area contributed by atoms with E-state index < -0.39 is 0 Å². The van der Waals surface area contributed by atoms with E-state index in [1.54, 1.807) is 24.3 Å². The molecule has 302 valence electrons. The molecule has 0 atom stereocenters. The van der Waals surface area contributed by atoms with Crippen molar-refractivity contribution in [2.75, 3.05) is 106 Å². The van der Waals surface area contributed by atoms with Crippen molar-refractivity contribution in [1.29, 1.82) is 0 Å². The Kier molecular flexibility index (Phi) is 36.9. The summed E-state index contributed by atoms with van der Waals surface area (Å²) in [6, 6.07) is 6.94. The van der Waals surface area contributed by atoms with Crippen molar-refractivity contribution in [2.45, 2.75) is 110 Å². The summed E-state index contributed by atoms with van der Waals surface area (Å²) in [7, 11) is 0. The summed E-state index contributed by atoms with van der Waals surface area (Å²) in [5.41, 5.74) is 0.618. The lowest BCUT2D eigenvalue weighted by molar-refractivity contribution is -0.145. The number of carbonyl (C=O) groups is 2. The Morgan fingerprint density at radius 1 is 0.442 bits per heavy atom. The third-order valence-electron chi connectivity index (χ3n) is 8.22. The van der Waals surface area contributed by atoms with Gasteiger partial charge in [-0.1, -0.05) is 96.8 Å². The highest BCUT2D eigenvalue weighted by Gasteiger charge is 2.03. The standard InChI is InChI=1S/C41H72O11/c1-2-3-4-5-6-7-8-9-10-11-12-13-14-15-16-17-41(43)52-37-35-50-33-31-48-29-27-46-25-23-44-22-24-45-26-28-47-30-32-49-34-36-51-40-20-18-39(38-42)19-21-40/h18-21,38H,2-17,22-37H2,1H3. The maximum absolute atomic E-state index is 11.9. The van der Waals surface area contributed by atoms with Crippen LogP contribution in [0.4, 0.5) is 0 Å². The van der Waals surface area contributed by atoms with Crippen LogP contribution in [0.2, 0.25) is 0 Å². The molecular weight excluding hydrogens is 668 g/mol. The number of ether oxygens (including phenoxy) is 9. The molecule has 0 aliphatic rings. The summed E-state index contributed by atoms with van der Waals surface area (Å²) < 4.78 is 49.2.